The molecule has 1 rings (SSSR count). The van der Waals surface area contributed by atoms with Crippen molar-refractivity contribution in [1.29, 1.82) is 0 Å². The standard InChI is InChI=1S/C8H12O2/c1-3-7(9)8-4-6(2)5-10-8/h3-4,7-9H,1,5H2,2H3. The molecule has 0 saturated heterocycles. The summed E-state index contributed by atoms with van der Waals surface area (Å²) in [7, 11) is 0. The highest BCUT2D eigenvalue weighted by Crippen LogP contribution is 2.14. The summed E-state index contributed by atoms with van der Waals surface area (Å²) in [4.78, 5) is 0. The number of ether oxygens (including phenoxy) is 1. The molecule has 2 nitrogen and oxygen atoms in total. The van der Waals surface area contributed by atoms with Gasteiger partial charge in [0.2, 0.25) is 0 Å². The Labute approximate surface area is 60.8 Å². The van der Waals surface area contributed by atoms with Gasteiger partial charge in [0.1, 0.15) is 12.2 Å². The largest absolute Gasteiger partial charge is 0.386 e. The van der Waals surface area contributed by atoms with Crippen molar-refractivity contribution >= 4 is 0 Å². The molecule has 0 radical (unpaired) electrons. The lowest BCUT2D eigenvalue weighted by atomic mass is 10.2. The lowest BCUT2D eigenvalue weighted by Gasteiger charge is -2.10. The number of aliphatic hydroxyl groups excluding tert-OH is 1. The van der Waals surface area contributed by atoms with Gasteiger partial charge >= 0.3 is 0 Å². The van der Waals surface area contributed by atoms with Gasteiger partial charge in [-0.2, -0.15) is 0 Å². The third-order valence-electron chi connectivity index (χ3n) is 1.53. The molecule has 0 aliphatic carbocycles. The molecule has 2 unspecified atom stereocenters. The van der Waals surface area contributed by atoms with Crippen LogP contribution in [0.25, 0.3) is 0 Å². The van der Waals surface area contributed by atoms with Crippen molar-refractivity contribution in [3.8, 4) is 0 Å². The molecule has 1 aliphatic heterocycles. The van der Waals surface area contributed by atoms with Gasteiger partial charge in [-0.05, 0) is 12.5 Å². The lowest BCUT2D eigenvalue weighted by Crippen LogP contribution is -2.21. The Morgan fingerprint density at radius 1 is 2.00 bits per heavy atom. The topological polar surface area (TPSA) is 29.5 Å². The van der Waals surface area contributed by atoms with Crippen molar-refractivity contribution < 1.29 is 9.84 Å². The van der Waals surface area contributed by atoms with E-state index in [0.29, 0.717) is 6.61 Å². The van der Waals surface area contributed by atoms with Crippen LogP contribution in [0.1, 0.15) is 6.92 Å². The predicted octanol–water partition coefficient (Wildman–Crippen LogP) is 0.878. The second kappa shape index (κ2) is 2.99. The minimum atomic E-state index is -0.558. The maximum Gasteiger partial charge on any atom is 0.106 e. The van der Waals surface area contributed by atoms with Crippen molar-refractivity contribution in [1.82, 2.24) is 0 Å². The number of hydrogen-bond donors (Lipinski definition) is 1. The van der Waals surface area contributed by atoms with E-state index in [1.54, 1.807) is 0 Å². The van der Waals surface area contributed by atoms with Gasteiger partial charge in [-0.15, -0.1) is 6.58 Å². The molecule has 0 bridgehead atoms. The average molecular weight is 140 g/mol. The van der Waals surface area contributed by atoms with Gasteiger partial charge in [0.15, 0.2) is 0 Å². The van der Waals surface area contributed by atoms with Gasteiger partial charge in [0, 0.05) is 0 Å². The van der Waals surface area contributed by atoms with Crippen LogP contribution in [0.4, 0.5) is 0 Å². The Hall–Kier alpha value is -0.600. The molecule has 56 valence electrons. The molecule has 0 amide bonds. The molecule has 0 aromatic carbocycles. The van der Waals surface area contributed by atoms with Gasteiger partial charge < -0.3 is 9.84 Å². The van der Waals surface area contributed by atoms with Gasteiger partial charge in [-0.3, -0.25) is 0 Å². The number of hydrogen-bond acceptors (Lipinski definition) is 2. The Morgan fingerprint density at radius 3 is 3.10 bits per heavy atom. The van der Waals surface area contributed by atoms with Gasteiger partial charge in [-0.25, -0.2) is 0 Å². The van der Waals surface area contributed by atoms with E-state index in [1.165, 1.54) is 11.6 Å². The third kappa shape index (κ3) is 1.46. The van der Waals surface area contributed by atoms with Crippen molar-refractivity contribution in [2.75, 3.05) is 6.61 Å². The maximum atomic E-state index is 9.19. The van der Waals surface area contributed by atoms with Crippen molar-refractivity contribution in [3.05, 3.63) is 24.3 Å². The Bertz CT molecular complexity index is 161. The fourth-order valence-corrected chi connectivity index (χ4v) is 0.936. The van der Waals surface area contributed by atoms with E-state index in [2.05, 4.69) is 6.58 Å². The van der Waals surface area contributed by atoms with Gasteiger partial charge in [0.05, 0.1) is 6.61 Å². The minimum Gasteiger partial charge on any atom is -0.386 e. The molecule has 1 N–H and O–H groups in total. The number of aliphatic hydroxyl groups is 1. The van der Waals surface area contributed by atoms with Gasteiger partial charge in [-0.1, -0.05) is 12.2 Å². The van der Waals surface area contributed by atoms with Crippen LogP contribution < -0.4 is 0 Å². The Balaban J connectivity index is 2.51. The summed E-state index contributed by atoms with van der Waals surface area (Å²) in [5, 5.41) is 9.19. The Morgan fingerprint density at radius 2 is 2.70 bits per heavy atom. The minimum absolute atomic E-state index is 0.169. The molecule has 2 heteroatoms. The van der Waals surface area contributed by atoms with Crippen molar-refractivity contribution in [3.63, 3.8) is 0 Å². The van der Waals surface area contributed by atoms with Crippen LogP contribution in [0.15, 0.2) is 24.3 Å². The first-order chi connectivity index (χ1) is 4.74. The highest BCUT2D eigenvalue weighted by Gasteiger charge is 2.18. The van der Waals surface area contributed by atoms with E-state index in [4.69, 9.17) is 4.74 Å². The van der Waals surface area contributed by atoms with Crippen LogP contribution in [-0.2, 0) is 4.74 Å². The molecule has 0 aromatic rings. The molecule has 0 saturated carbocycles. The Kier molecular flexibility index (Phi) is 2.25. The van der Waals surface area contributed by atoms with Crippen LogP contribution in [0.2, 0.25) is 0 Å². The zero-order valence-electron chi connectivity index (χ0n) is 6.08. The molecular weight excluding hydrogens is 128 g/mol. The predicted molar refractivity (Wildman–Crippen MR) is 39.7 cm³/mol. The monoisotopic (exact) mass is 140 g/mol. The molecule has 0 spiro atoms. The summed E-state index contributed by atoms with van der Waals surface area (Å²) in [6, 6.07) is 0. The van der Waals surface area contributed by atoms with Crippen LogP contribution >= 0.6 is 0 Å². The first-order valence-electron chi connectivity index (χ1n) is 3.33. The van der Waals surface area contributed by atoms with Crippen LogP contribution in [0, 0.1) is 0 Å². The van der Waals surface area contributed by atoms with Crippen LogP contribution in [0.5, 0.6) is 0 Å². The van der Waals surface area contributed by atoms with Crippen molar-refractivity contribution in [2.45, 2.75) is 19.1 Å². The van der Waals surface area contributed by atoms with Crippen LogP contribution in [-0.4, -0.2) is 23.9 Å². The first-order valence-corrected chi connectivity index (χ1v) is 3.33. The molecule has 2 atom stereocenters. The molecule has 1 heterocycles. The molecule has 10 heavy (non-hydrogen) atoms. The third-order valence-corrected chi connectivity index (χ3v) is 1.53. The van der Waals surface area contributed by atoms with E-state index in [0.717, 1.165) is 0 Å². The maximum absolute atomic E-state index is 9.19. The summed E-state index contributed by atoms with van der Waals surface area (Å²) >= 11 is 0. The average Bonchev–Trinajstić information content (AvgIpc) is 2.34. The van der Waals surface area contributed by atoms with E-state index in [9.17, 15) is 5.11 Å². The second-order valence-corrected chi connectivity index (χ2v) is 2.51. The summed E-state index contributed by atoms with van der Waals surface area (Å²) in [6.07, 6.45) is 2.68. The summed E-state index contributed by atoms with van der Waals surface area (Å²) in [5.74, 6) is 0. The molecular formula is C8H12O2. The van der Waals surface area contributed by atoms with E-state index in [-0.39, 0.29) is 6.10 Å². The van der Waals surface area contributed by atoms with Crippen molar-refractivity contribution in [2.24, 2.45) is 0 Å². The highest BCUT2D eigenvalue weighted by atomic mass is 16.5. The summed E-state index contributed by atoms with van der Waals surface area (Å²) in [6.45, 7) is 6.09. The quantitative estimate of drug-likeness (QED) is 0.577. The highest BCUT2D eigenvalue weighted by molar-refractivity contribution is 5.11. The van der Waals surface area contributed by atoms with Crippen LogP contribution in [0.3, 0.4) is 0 Å². The first kappa shape index (κ1) is 7.51. The molecule has 0 aromatic heterocycles. The van der Waals surface area contributed by atoms with E-state index in [1.807, 2.05) is 13.0 Å². The molecule has 0 fully saturated rings. The normalized spacial score (nSPS) is 27.8. The SMILES string of the molecule is C=CC(O)C1C=C(C)CO1. The zero-order valence-corrected chi connectivity index (χ0v) is 6.08. The molecule has 1 aliphatic rings. The zero-order chi connectivity index (χ0) is 7.56. The van der Waals surface area contributed by atoms with Gasteiger partial charge in [0.25, 0.3) is 0 Å². The number of rotatable bonds is 2. The van der Waals surface area contributed by atoms with E-state index >= 15 is 0 Å². The van der Waals surface area contributed by atoms with E-state index < -0.39 is 6.10 Å². The second-order valence-electron chi connectivity index (χ2n) is 2.51. The smallest absolute Gasteiger partial charge is 0.106 e. The lowest BCUT2D eigenvalue weighted by molar-refractivity contribution is 0.0370. The fourth-order valence-electron chi connectivity index (χ4n) is 0.936. The summed E-state index contributed by atoms with van der Waals surface area (Å²) < 4.78 is 5.20. The summed E-state index contributed by atoms with van der Waals surface area (Å²) in [5.41, 5.74) is 1.17. The fraction of sp³-hybridized carbons (Fsp3) is 0.500.